The molecule has 5 rings (SSSR count). The van der Waals surface area contributed by atoms with Crippen molar-refractivity contribution in [3.8, 4) is 11.3 Å². The number of likely N-dealkylation sites (tertiary alicyclic amines) is 1. The Balaban J connectivity index is 1.37. The van der Waals surface area contributed by atoms with E-state index in [9.17, 15) is 4.79 Å². The lowest BCUT2D eigenvalue weighted by atomic mass is 9.96. The quantitative estimate of drug-likeness (QED) is 0.540. The predicted molar refractivity (Wildman–Crippen MR) is 107 cm³/mol. The first-order valence-electron chi connectivity index (χ1n) is 9.76. The van der Waals surface area contributed by atoms with Crippen LogP contribution in [0.15, 0.2) is 54.7 Å². The Morgan fingerprint density at radius 2 is 1.79 bits per heavy atom. The van der Waals surface area contributed by atoms with Crippen LogP contribution >= 0.6 is 0 Å². The highest BCUT2D eigenvalue weighted by Crippen LogP contribution is 2.28. The van der Waals surface area contributed by atoms with E-state index in [-0.39, 0.29) is 11.8 Å². The Hall–Kier alpha value is -3.55. The summed E-state index contributed by atoms with van der Waals surface area (Å²) in [5.74, 6) is 1.11. The van der Waals surface area contributed by atoms with E-state index in [2.05, 4.69) is 15.3 Å². The summed E-state index contributed by atoms with van der Waals surface area (Å²) in [7, 11) is 1.79. The molecule has 1 aliphatic rings. The summed E-state index contributed by atoms with van der Waals surface area (Å²) >= 11 is 0. The van der Waals surface area contributed by atoms with Gasteiger partial charge >= 0.3 is 0 Å². The van der Waals surface area contributed by atoms with Crippen LogP contribution in [0.5, 0.6) is 0 Å². The highest BCUT2D eigenvalue weighted by atomic mass is 16.2. The molecule has 0 bridgehead atoms. The molecule has 1 saturated heterocycles. The van der Waals surface area contributed by atoms with Crippen LogP contribution in [0.4, 0.5) is 0 Å². The molecule has 146 valence electrons. The molecule has 1 aliphatic heterocycles. The predicted octanol–water partition coefficient (Wildman–Crippen LogP) is 2.54. The minimum Gasteiger partial charge on any atom is -0.337 e. The second-order valence-corrected chi connectivity index (χ2v) is 7.32. The van der Waals surface area contributed by atoms with Crippen LogP contribution in [-0.4, -0.2) is 53.5 Å². The van der Waals surface area contributed by atoms with Gasteiger partial charge in [0.25, 0.3) is 5.91 Å². The summed E-state index contributed by atoms with van der Waals surface area (Å²) in [5, 5.41) is 17.6. The number of carbonyl (C=O) groups is 1. The average molecular weight is 387 g/mol. The number of hydrogen-bond acceptors (Lipinski definition) is 5. The number of fused-ring (bicyclic) bond motifs is 1. The van der Waals surface area contributed by atoms with E-state index in [0.717, 1.165) is 35.6 Å². The van der Waals surface area contributed by atoms with Gasteiger partial charge in [-0.15, -0.1) is 10.2 Å². The van der Waals surface area contributed by atoms with Gasteiger partial charge < -0.3 is 4.90 Å². The van der Waals surface area contributed by atoms with Crippen LogP contribution < -0.4 is 0 Å². The van der Waals surface area contributed by atoms with Crippen molar-refractivity contribution < 1.29 is 4.79 Å². The van der Waals surface area contributed by atoms with Crippen LogP contribution in [0.3, 0.4) is 0 Å². The number of carbonyl (C=O) groups excluding carboxylic acids is 1. The minimum atomic E-state index is 0.0269. The Morgan fingerprint density at radius 3 is 2.52 bits per heavy atom. The maximum Gasteiger partial charge on any atom is 0.272 e. The van der Waals surface area contributed by atoms with Crippen LogP contribution in [0, 0.1) is 0 Å². The molecule has 4 aromatic rings. The smallest absolute Gasteiger partial charge is 0.272 e. The van der Waals surface area contributed by atoms with Crippen molar-refractivity contribution in [2.45, 2.75) is 18.8 Å². The number of hydrogen-bond donors (Lipinski definition) is 0. The van der Waals surface area contributed by atoms with Gasteiger partial charge in [0.05, 0.1) is 5.69 Å². The van der Waals surface area contributed by atoms with Crippen molar-refractivity contribution in [1.82, 2.24) is 34.5 Å². The van der Waals surface area contributed by atoms with E-state index in [0.29, 0.717) is 18.8 Å². The molecule has 4 heterocycles. The van der Waals surface area contributed by atoms with Crippen molar-refractivity contribution in [1.29, 1.82) is 0 Å². The van der Waals surface area contributed by atoms with Crippen LogP contribution in [0.25, 0.3) is 16.9 Å². The van der Waals surface area contributed by atoms with Crippen LogP contribution in [0.2, 0.25) is 0 Å². The van der Waals surface area contributed by atoms with Crippen molar-refractivity contribution in [3.05, 3.63) is 66.2 Å². The van der Waals surface area contributed by atoms with Crippen LogP contribution in [0.1, 0.15) is 35.1 Å². The van der Waals surface area contributed by atoms with Gasteiger partial charge in [0.1, 0.15) is 5.69 Å². The zero-order chi connectivity index (χ0) is 19.8. The summed E-state index contributed by atoms with van der Waals surface area (Å²) in [6.45, 7) is 1.37. The van der Waals surface area contributed by atoms with Crippen molar-refractivity contribution in [2.24, 2.45) is 7.05 Å². The molecule has 0 aliphatic carbocycles. The molecular formula is C21H21N7O. The Kier molecular flexibility index (Phi) is 4.31. The number of piperidine rings is 1. The number of amides is 1. The zero-order valence-corrected chi connectivity index (χ0v) is 16.1. The maximum absolute atomic E-state index is 12.7. The zero-order valence-electron chi connectivity index (χ0n) is 16.1. The lowest BCUT2D eigenvalue weighted by Crippen LogP contribution is -2.39. The number of aryl methyl sites for hydroxylation is 1. The molecule has 1 fully saturated rings. The highest BCUT2D eigenvalue weighted by molar-refractivity contribution is 5.92. The standard InChI is InChI=1S/C21H21N7O/c1-26-18(9-12-22-26)21(29)27-13-10-16(11-14-27)20-24-23-19-8-7-17(25-28(19)20)15-5-3-2-4-6-15/h2-9,12,16H,10-11,13-14H2,1H3. The van der Waals surface area contributed by atoms with Gasteiger partial charge in [-0.25, -0.2) is 0 Å². The SMILES string of the molecule is Cn1nccc1C(=O)N1CCC(c2nnc3ccc(-c4ccccc4)nn23)CC1. The lowest BCUT2D eigenvalue weighted by molar-refractivity contribution is 0.0699. The lowest BCUT2D eigenvalue weighted by Gasteiger charge is -2.31. The van der Waals surface area contributed by atoms with Crippen molar-refractivity contribution in [2.75, 3.05) is 13.1 Å². The number of nitrogens with zero attached hydrogens (tertiary/aromatic N) is 7. The van der Waals surface area contributed by atoms with Crippen molar-refractivity contribution >= 4 is 11.6 Å². The third-order valence-electron chi connectivity index (χ3n) is 5.54. The topological polar surface area (TPSA) is 81.2 Å². The van der Waals surface area contributed by atoms with E-state index in [4.69, 9.17) is 5.10 Å². The summed E-state index contributed by atoms with van der Waals surface area (Å²) < 4.78 is 3.47. The molecule has 0 atom stereocenters. The van der Waals surface area contributed by atoms with Gasteiger partial charge in [-0.2, -0.15) is 14.7 Å². The van der Waals surface area contributed by atoms with Gasteiger partial charge in [-0.1, -0.05) is 30.3 Å². The van der Waals surface area contributed by atoms with E-state index < -0.39 is 0 Å². The van der Waals surface area contributed by atoms with E-state index >= 15 is 0 Å². The van der Waals surface area contributed by atoms with Gasteiger partial charge in [0, 0.05) is 37.8 Å². The third kappa shape index (κ3) is 3.16. The summed E-state index contributed by atoms with van der Waals surface area (Å²) in [4.78, 5) is 14.6. The maximum atomic E-state index is 12.7. The first kappa shape index (κ1) is 17.5. The summed E-state index contributed by atoms with van der Waals surface area (Å²) in [6, 6.07) is 15.8. The second kappa shape index (κ2) is 7.12. The normalized spacial score (nSPS) is 15.1. The number of aromatic nitrogens is 6. The molecule has 1 amide bonds. The Bertz CT molecular complexity index is 1160. The molecule has 0 saturated carbocycles. The monoisotopic (exact) mass is 387 g/mol. The molecule has 0 unspecified atom stereocenters. The summed E-state index contributed by atoms with van der Waals surface area (Å²) in [6.07, 6.45) is 3.32. The molecule has 0 radical (unpaired) electrons. The van der Waals surface area contributed by atoms with Gasteiger partial charge in [0.2, 0.25) is 0 Å². The third-order valence-corrected chi connectivity index (χ3v) is 5.54. The molecule has 1 aromatic carbocycles. The first-order valence-corrected chi connectivity index (χ1v) is 9.76. The molecular weight excluding hydrogens is 366 g/mol. The van der Waals surface area contributed by atoms with E-state index in [1.807, 2.05) is 51.9 Å². The summed E-state index contributed by atoms with van der Waals surface area (Å²) in [5.41, 5.74) is 3.31. The Labute approximate surface area is 167 Å². The van der Waals surface area contributed by atoms with E-state index in [1.54, 1.807) is 24.0 Å². The second-order valence-electron chi connectivity index (χ2n) is 7.32. The number of benzene rings is 1. The fourth-order valence-corrected chi connectivity index (χ4v) is 3.91. The fourth-order valence-electron chi connectivity index (χ4n) is 3.91. The minimum absolute atomic E-state index is 0.0269. The molecule has 29 heavy (non-hydrogen) atoms. The molecule has 8 heteroatoms. The van der Waals surface area contributed by atoms with Gasteiger partial charge in [-0.05, 0) is 31.0 Å². The van der Waals surface area contributed by atoms with Gasteiger partial charge in [0.15, 0.2) is 11.5 Å². The van der Waals surface area contributed by atoms with Crippen LogP contribution in [-0.2, 0) is 7.05 Å². The fraction of sp³-hybridized carbons (Fsp3) is 0.286. The largest absolute Gasteiger partial charge is 0.337 e. The molecule has 8 nitrogen and oxygen atoms in total. The molecule has 3 aromatic heterocycles. The van der Waals surface area contributed by atoms with Gasteiger partial charge in [-0.3, -0.25) is 9.48 Å². The molecule has 0 spiro atoms. The Morgan fingerprint density at radius 1 is 1.00 bits per heavy atom. The average Bonchev–Trinajstić information content (AvgIpc) is 3.39. The first-order chi connectivity index (χ1) is 14.2. The van der Waals surface area contributed by atoms with E-state index in [1.165, 1.54) is 0 Å². The number of rotatable bonds is 3. The highest BCUT2D eigenvalue weighted by Gasteiger charge is 2.28. The molecule has 0 N–H and O–H groups in total. The van der Waals surface area contributed by atoms with Crippen molar-refractivity contribution in [3.63, 3.8) is 0 Å².